The van der Waals surface area contributed by atoms with E-state index in [2.05, 4.69) is 37.9 Å². The normalized spacial score (nSPS) is 25.4. The summed E-state index contributed by atoms with van der Waals surface area (Å²) < 4.78 is 0. The summed E-state index contributed by atoms with van der Waals surface area (Å²) in [5.74, 6) is 1.18. The van der Waals surface area contributed by atoms with Gasteiger partial charge in [-0.2, -0.15) is 0 Å². The van der Waals surface area contributed by atoms with Crippen LogP contribution in [0.15, 0.2) is 0 Å². The van der Waals surface area contributed by atoms with Crippen molar-refractivity contribution in [1.82, 2.24) is 10.2 Å². The monoisotopic (exact) mass is 240 g/mol. The van der Waals surface area contributed by atoms with Crippen molar-refractivity contribution in [2.75, 3.05) is 19.6 Å². The van der Waals surface area contributed by atoms with E-state index in [0.29, 0.717) is 17.9 Å². The zero-order valence-corrected chi connectivity index (χ0v) is 11.8. The first kappa shape index (κ1) is 14.5. The van der Waals surface area contributed by atoms with Gasteiger partial charge < -0.3 is 10.2 Å². The molecule has 17 heavy (non-hydrogen) atoms. The van der Waals surface area contributed by atoms with Crippen molar-refractivity contribution in [2.45, 2.75) is 53.0 Å². The molecule has 1 saturated heterocycles. The van der Waals surface area contributed by atoms with Crippen LogP contribution in [0.25, 0.3) is 0 Å². The van der Waals surface area contributed by atoms with Gasteiger partial charge in [0.25, 0.3) is 0 Å². The molecule has 2 atom stereocenters. The number of hydrogen-bond acceptors (Lipinski definition) is 2. The molecule has 3 heteroatoms. The number of hydrogen-bond donors (Lipinski definition) is 1. The molecule has 1 aliphatic rings. The van der Waals surface area contributed by atoms with E-state index in [1.165, 1.54) is 0 Å². The van der Waals surface area contributed by atoms with Gasteiger partial charge in [0.15, 0.2) is 0 Å². The Labute approximate surface area is 106 Å². The Morgan fingerprint density at radius 1 is 1.35 bits per heavy atom. The number of nitrogens with zero attached hydrogens (tertiary/aromatic N) is 1. The molecule has 0 aromatic rings. The van der Waals surface area contributed by atoms with Crippen LogP contribution in [0, 0.1) is 11.8 Å². The number of nitrogens with one attached hydrogen (secondary N) is 1. The van der Waals surface area contributed by atoms with Crippen molar-refractivity contribution in [3.63, 3.8) is 0 Å². The third-order valence-electron chi connectivity index (χ3n) is 4.02. The van der Waals surface area contributed by atoms with Gasteiger partial charge in [-0.1, -0.05) is 27.7 Å². The quantitative estimate of drug-likeness (QED) is 0.799. The van der Waals surface area contributed by atoms with Crippen molar-refractivity contribution in [2.24, 2.45) is 11.8 Å². The van der Waals surface area contributed by atoms with Crippen molar-refractivity contribution in [3.8, 4) is 0 Å². The number of amides is 1. The van der Waals surface area contributed by atoms with Gasteiger partial charge in [0.1, 0.15) is 0 Å². The Morgan fingerprint density at radius 2 is 2.00 bits per heavy atom. The largest absolute Gasteiger partial charge is 0.342 e. The van der Waals surface area contributed by atoms with Gasteiger partial charge in [0.05, 0.1) is 0 Å². The maximum Gasteiger partial charge on any atom is 0.225 e. The van der Waals surface area contributed by atoms with Crippen molar-refractivity contribution in [3.05, 3.63) is 0 Å². The standard InChI is InChI=1S/C14H28N2O/c1-5-12(6-2)14(17)16-9-8-13(15-7-3)11(4)10-16/h11-13,15H,5-10H2,1-4H3. The average Bonchev–Trinajstić information content (AvgIpc) is 2.33. The summed E-state index contributed by atoms with van der Waals surface area (Å²) in [6.45, 7) is 11.5. The molecule has 1 amide bonds. The Bertz CT molecular complexity index is 238. The number of carbonyl (C=O) groups excluding carboxylic acids is 1. The number of carbonyl (C=O) groups is 1. The molecular formula is C14H28N2O. The van der Waals surface area contributed by atoms with E-state index in [4.69, 9.17) is 0 Å². The zero-order valence-electron chi connectivity index (χ0n) is 11.8. The van der Waals surface area contributed by atoms with Gasteiger partial charge in [0.2, 0.25) is 5.91 Å². The molecule has 3 nitrogen and oxygen atoms in total. The molecule has 1 heterocycles. The maximum atomic E-state index is 12.3. The molecule has 0 saturated carbocycles. The van der Waals surface area contributed by atoms with Gasteiger partial charge in [-0.15, -0.1) is 0 Å². The van der Waals surface area contributed by atoms with E-state index < -0.39 is 0 Å². The zero-order chi connectivity index (χ0) is 12.8. The predicted octanol–water partition coefficient (Wildman–Crippen LogP) is 2.27. The molecule has 0 radical (unpaired) electrons. The summed E-state index contributed by atoms with van der Waals surface area (Å²) in [6, 6.07) is 0.589. The highest BCUT2D eigenvalue weighted by atomic mass is 16.2. The topological polar surface area (TPSA) is 32.3 Å². The lowest BCUT2D eigenvalue weighted by Crippen LogP contribution is -2.51. The van der Waals surface area contributed by atoms with Gasteiger partial charge in [0, 0.05) is 25.0 Å². The third kappa shape index (κ3) is 3.70. The van der Waals surface area contributed by atoms with Crippen LogP contribution < -0.4 is 5.32 Å². The van der Waals surface area contributed by atoms with Gasteiger partial charge in [-0.25, -0.2) is 0 Å². The van der Waals surface area contributed by atoms with Crippen LogP contribution in [0.2, 0.25) is 0 Å². The minimum absolute atomic E-state index is 0.234. The van der Waals surface area contributed by atoms with Crippen molar-refractivity contribution in [1.29, 1.82) is 0 Å². The van der Waals surface area contributed by atoms with E-state index in [-0.39, 0.29) is 5.92 Å². The highest BCUT2D eigenvalue weighted by Crippen LogP contribution is 2.20. The van der Waals surface area contributed by atoms with Crippen molar-refractivity contribution >= 4 is 5.91 Å². The van der Waals surface area contributed by atoms with E-state index in [0.717, 1.165) is 38.9 Å². The molecular weight excluding hydrogens is 212 g/mol. The summed E-state index contributed by atoms with van der Waals surface area (Å²) in [5.41, 5.74) is 0. The summed E-state index contributed by atoms with van der Waals surface area (Å²) >= 11 is 0. The molecule has 0 bridgehead atoms. The molecule has 0 aliphatic carbocycles. The first-order chi connectivity index (χ1) is 8.13. The fourth-order valence-electron chi connectivity index (χ4n) is 2.81. The molecule has 1 rings (SSSR count). The highest BCUT2D eigenvalue weighted by molar-refractivity contribution is 5.78. The molecule has 2 unspecified atom stereocenters. The number of piperidine rings is 1. The van der Waals surface area contributed by atoms with Crippen LogP contribution >= 0.6 is 0 Å². The second kappa shape index (κ2) is 7.00. The second-order valence-electron chi connectivity index (χ2n) is 5.23. The summed E-state index contributed by atoms with van der Waals surface area (Å²) in [4.78, 5) is 14.4. The average molecular weight is 240 g/mol. The molecule has 1 N–H and O–H groups in total. The minimum atomic E-state index is 0.234. The predicted molar refractivity (Wildman–Crippen MR) is 71.9 cm³/mol. The number of rotatable bonds is 5. The second-order valence-corrected chi connectivity index (χ2v) is 5.23. The van der Waals surface area contributed by atoms with Crippen LogP contribution in [0.5, 0.6) is 0 Å². The van der Waals surface area contributed by atoms with Gasteiger partial charge >= 0.3 is 0 Å². The molecule has 100 valence electrons. The van der Waals surface area contributed by atoms with E-state index in [9.17, 15) is 4.79 Å². The third-order valence-corrected chi connectivity index (χ3v) is 4.02. The summed E-state index contributed by atoms with van der Waals surface area (Å²) in [7, 11) is 0. The molecule has 0 aromatic heterocycles. The van der Waals surface area contributed by atoms with E-state index in [1.54, 1.807) is 0 Å². The van der Waals surface area contributed by atoms with Crippen LogP contribution in [0.4, 0.5) is 0 Å². The minimum Gasteiger partial charge on any atom is -0.342 e. The maximum absolute atomic E-state index is 12.3. The fraction of sp³-hybridized carbons (Fsp3) is 0.929. The Balaban J connectivity index is 2.51. The first-order valence-corrected chi connectivity index (χ1v) is 7.16. The SMILES string of the molecule is CCNC1CCN(C(=O)C(CC)CC)CC1C. The molecule has 0 spiro atoms. The molecule has 1 fully saturated rings. The summed E-state index contributed by atoms with van der Waals surface area (Å²) in [5, 5.41) is 3.51. The van der Waals surface area contributed by atoms with Gasteiger partial charge in [-0.05, 0) is 31.7 Å². The lowest BCUT2D eigenvalue weighted by molar-refractivity contribution is -0.137. The lowest BCUT2D eigenvalue weighted by atomic mass is 9.92. The summed E-state index contributed by atoms with van der Waals surface area (Å²) in [6.07, 6.45) is 3.04. The highest BCUT2D eigenvalue weighted by Gasteiger charge is 2.30. The van der Waals surface area contributed by atoms with Crippen LogP contribution in [0.1, 0.15) is 47.0 Å². The molecule has 1 aliphatic heterocycles. The molecule has 0 aromatic carbocycles. The smallest absolute Gasteiger partial charge is 0.225 e. The number of likely N-dealkylation sites (tertiary alicyclic amines) is 1. The first-order valence-electron chi connectivity index (χ1n) is 7.16. The Kier molecular flexibility index (Phi) is 5.96. The lowest BCUT2D eigenvalue weighted by Gasteiger charge is -2.38. The Hall–Kier alpha value is -0.570. The van der Waals surface area contributed by atoms with Crippen LogP contribution in [0.3, 0.4) is 0 Å². The van der Waals surface area contributed by atoms with Gasteiger partial charge in [-0.3, -0.25) is 4.79 Å². The Morgan fingerprint density at radius 3 is 2.47 bits per heavy atom. The fourth-order valence-corrected chi connectivity index (χ4v) is 2.81. The van der Waals surface area contributed by atoms with Crippen LogP contribution in [-0.4, -0.2) is 36.5 Å². The van der Waals surface area contributed by atoms with E-state index in [1.807, 2.05) is 0 Å². The van der Waals surface area contributed by atoms with Crippen LogP contribution in [-0.2, 0) is 4.79 Å². The van der Waals surface area contributed by atoms with Crippen molar-refractivity contribution < 1.29 is 4.79 Å². The van der Waals surface area contributed by atoms with E-state index >= 15 is 0 Å².